The summed E-state index contributed by atoms with van der Waals surface area (Å²) in [6, 6.07) is 4.06. The highest BCUT2D eigenvalue weighted by atomic mass is 32.1. The predicted molar refractivity (Wildman–Crippen MR) is 103 cm³/mol. The molecule has 1 saturated heterocycles. The number of guanidine groups is 1. The maximum Gasteiger partial charge on any atom is 0.310 e. The van der Waals surface area contributed by atoms with Crippen LogP contribution in [0.5, 0.6) is 0 Å². The van der Waals surface area contributed by atoms with Crippen LogP contribution in [0.3, 0.4) is 0 Å². The molecule has 1 atom stereocenters. The van der Waals surface area contributed by atoms with Gasteiger partial charge in [0.25, 0.3) is 0 Å². The van der Waals surface area contributed by atoms with E-state index in [9.17, 15) is 9.59 Å². The van der Waals surface area contributed by atoms with E-state index in [0.29, 0.717) is 25.7 Å². The van der Waals surface area contributed by atoms with E-state index >= 15 is 0 Å². The molecule has 0 bridgehead atoms. The van der Waals surface area contributed by atoms with Gasteiger partial charge >= 0.3 is 5.97 Å². The summed E-state index contributed by atoms with van der Waals surface area (Å²) in [4.78, 5) is 33.3. The van der Waals surface area contributed by atoms with Crippen molar-refractivity contribution in [2.24, 2.45) is 10.9 Å². The van der Waals surface area contributed by atoms with Crippen molar-refractivity contribution in [3.8, 4) is 0 Å². The Labute approximate surface area is 159 Å². The number of carbonyl (C=O) groups is 2. The van der Waals surface area contributed by atoms with E-state index in [4.69, 9.17) is 4.74 Å². The third kappa shape index (κ3) is 6.01. The number of nitrogens with one attached hydrogen (secondary N) is 1. The van der Waals surface area contributed by atoms with E-state index in [2.05, 4.69) is 21.3 Å². The first-order chi connectivity index (χ1) is 12.5. The van der Waals surface area contributed by atoms with Crippen LogP contribution >= 0.6 is 11.3 Å². The number of likely N-dealkylation sites (N-methyl/N-ethyl adjacent to an activating group) is 1. The Hall–Kier alpha value is -2.09. The molecule has 1 N–H and O–H groups in total. The van der Waals surface area contributed by atoms with Gasteiger partial charge in [0.05, 0.1) is 19.1 Å². The fraction of sp³-hybridized carbons (Fsp3) is 0.611. The van der Waals surface area contributed by atoms with Crippen molar-refractivity contribution < 1.29 is 14.3 Å². The Kier molecular flexibility index (Phi) is 7.90. The number of aliphatic imine (C=N–C) groups is 1. The Morgan fingerprint density at radius 2 is 2.27 bits per heavy atom. The number of thiophene rings is 1. The first kappa shape index (κ1) is 20.2. The van der Waals surface area contributed by atoms with Gasteiger partial charge in [-0.2, -0.15) is 0 Å². The standard InChI is InChI=1S/C18H28N4O3S/c1-4-25-17(24)14-7-5-9-22(13-14)18(20-12-16(23)21(2)3)19-11-15-8-6-10-26-15/h6,8,10,14H,4-5,7,9,11-13H2,1-3H3,(H,19,20). The minimum atomic E-state index is -0.154. The van der Waals surface area contributed by atoms with Crippen LogP contribution in [0.1, 0.15) is 24.6 Å². The molecule has 2 heterocycles. The number of rotatable bonds is 6. The molecule has 2 rings (SSSR count). The molecule has 26 heavy (non-hydrogen) atoms. The summed E-state index contributed by atoms with van der Waals surface area (Å²) >= 11 is 1.67. The number of nitrogens with zero attached hydrogens (tertiary/aromatic N) is 3. The Morgan fingerprint density at radius 1 is 1.46 bits per heavy atom. The number of esters is 1. The Balaban J connectivity index is 2.06. The molecule has 1 fully saturated rings. The van der Waals surface area contributed by atoms with E-state index in [0.717, 1.165) is 19.4 Å². The number of amides is 1. The largest absolute Gasteiger partial charge is 0.466 e. The number of likely N-dealkylation sites (tertiary alicyclic amines) is 1. The molecule has 1 unspecified atom stereocenters. The molecule has 1 aliphatic rings. The van der Waals surface area contributed by atoms with Crippen LogP contribution in [-0.4, -0.2) is 68.0 Å². The van der Waals surface area contributed by atoms with E-state index in [-0.39, 0.29) is 24.3 Å². The highest BCUT2D eigenvalue weighted by molar-refractivity contribution is 7.09. The highest BCUT2D eigenvalue weighted by Gasteiger charge is 2.28. The zero-order valence-electron chi connectivity index (χ0n) is 15.7. The van der Waals surface area contributed by atoms with Crippen LogP contribution in [0.4, 0.5) is 0 Å². The van der Waals surface area contributed by atoms with Gasteiger partial charge < -0.3 is 19.9 Å². The van der Waals surface area contributed by atoms with Crippen molar-refractivity contribution >= 4 is 29.2 Å². The van der Waals surface area contributed by atoms with E-state index < -0.39 is 0 Å². The van der Waals surface area contributed by atoms with Crippen LogP contribution in [0, 0.1) is 5.92 Å². The predicted octanol–water partition coefficient (Wildman–Crippen LogP) is 1.56. The quantitative estimate of drug-likeness (QED) is 0.461. The van der Waals surface area contributed by atoms with Crippen LogP contribution in [0.2, 0.25) is 0 Å². The normalized spacial score (nSPS) is 17.7. The molecule has 1 aromatic heterocycles. The highest BCUT2D eigenvalue weighted by Crippen LogP contribution is 2.18. The number of piperidine rings is 1. The summed E-state index contributed by atoms with van der Waals surface area (Å²) < 4.78 is 5.17. The van der Waals surface area contributed by atoms with Crippen LogP contribution in [0.25, 0.3) is 0 Å². The SMILES string of the molecule is CCOC(=O)C1CCCN(C(=NCC(=O)N(C)C)NCc2cccs2)C1. The summed E-state index contributed by atoms with van der Waals surface area (Å²) in [6.07, 6.45) is 1.72. The van der Waals surface area contributed by atoms with Gasteiger partial charge in [0.1, 0.15) is 6.54 Å². The molecule has 0 aromatic carbocycles. The number of ether oxygens (including phenoxy) is 1. The van der Waals surface area contributed by atoms with Gasteiger partial charge in [-0.3, -0.25) is 9.59 Å². The van der Waals surface area contributed by atoms with Crippen molar-refractivity contribution in [3.05, 3.63) is 22.4 Å². The molecule has 1 aromatic rings. The van der Waals surface area contributed by atoms with Gasteiger partial charge in [-0.1, -0.05) is 6.07 Å². The van der Waals surface area contributed by atoms with Crippen molar-refractivity contribution in [2.45, 2.75) is 26.3 Å². The minimum Gasteiger partial charge on any atom is -0.466 e. The lowest BCUT2D eigenvalue weighted by Crippen LogP contribution is -2.48. The van der Waals surface area contributed by atoms with Crippen LogP contribution in [0.15, 0.2) is 22.5 Å². The summed E-state index contributed by atoms with van der Waals surface area (Å²) in [5, 5.41) is 5.37. The first-order valence-electron chi connectivity index (χ1n) is 8.93. The average molecular weight is 381 g/mol. The molecular weight excluding hydrogens is 352 g/mol. The second kappa shape index (κ2) is 10.2. The Morgan fingerprint density at radius 3 is 2.92 bits per heavy atom. The lowest BCUT2D eigenvalue weighted by atomic mass is 9.98. The van der Waals surface area contributed by atoms with Crippen LogP contribution < -0.4 is 5.32 Å². The van der Waals surface area contributed by atoms with Crippen molar-refractivity contribution in [1.29, 1.82) is 0 Å². The van der Waals surface area contributed by atoms with Gasteiger partial charge in [-0.25, -0.2) is 4.99 Å². The summed E-state index contributed by atoms with van der Waals surface area (Å²) in [6.45, 7) is 4.31. The van der Waals surface area contributed by atoms with Gasteiger partial charge in [-0.15, -0.1) is 11.3 Å². The third-order valence-electron chi connectivity index (χ3n) is 4.20. The van der Waals surface area contributed by atoms with Crippen molar-refractivity contribution in [2.75, 3.05) is 40.3 Å². The smallest absolute Gasteiger partial charge is 0.310 e. The Bertz CT molecular complexity index is 616. The van der Waals surface area contributed by atoms with Gasteiger partial charge in [0.15, 0.2) is 5.96 Å². The lowest BCUT2D eigenvalue weighted by molar-refractivity contribution is -0.149. The van der Waals surface area contributed by atoms with E-state index in [1.165, 1.54) is 9.78 Å². The summed E-state index contributed by atoms with van der Waals surface area (Å²) in [5.41, 5.74) is 0. The molecule has 144 valence electrons. The maximum absolute atomic E-state index is 12.1. The zero-order chi connectivity index (χ0) is 18.9. The van der Waals surface area contributed by atoms with Gasteiger partial charge in [0, 0.05) is 32.1 Å². The molecular formula is C18H28N4O3S. The lowest BCUT2D eigenvalue weighted by Gasteiger charge is -2.34. The molecule has 0 spiro atoms. The zero-order valence-corrected chi connectivity index (χ0v) is 16.6. The molecule has 0 aliphatic carbocycles. The monoisotopic (exact) mass is 380 g/mol. The van der Waals surface area contributed by atoms with Crippen molar-refractivity contribution in [1.82, 2.24) is 15.1 Å². The van der Waals surface area contributed by atoms with E-state index in [1.54, 1.807) is 25.4 Å². The van der Waals surface area contributed by atoms with Crippen LogP contribution in [-0.2, 0) is 20.9 Å². The van der Waals surface area contributed by atoms with E-state index in [1.807, 2.05) is 18.4 Å². The maximum atomic E-state index is 12.1. The summed E-state index contributed by atoms with van der Waals surface area (Å²) in [7, 11) is 3.43. The second-order valence-electron chi connectivity index (χ2n) is 6.40. The number of hydrogen-bond acceptors (Lipinski definition) is 5. The minimum absolute atomic E-state index is 0.0561. The number of hydrogen-bond donors (Lipinski definition) is 1. The average Bonchev–Trinajstić information content (AvgIpc) is 3.15. The third-order valence-corrected chi connectivity index (χ3v) is 5.08. The fourth-order valence-corrected chi connectivity index (χ4v) is 3.40. The van der Waals surface area contributed by atoms with Gasteiger partial charge in [0.2, 0.25) is 5.91 Å². The topological polar surface area (TPSA) is 74.2 Å². The second-order valence-corrected chi connectivity index (χ2v) is 7.43. The van der Waals surface area contributed by atoms with Crippen molar-refractivity contribution in [3.63, 3.8) is 0 Å². The molecule has 7 nitrogen and oxygen atoms in total. The molecule has 1 amide bonds. The molecule has 0 saturated carbocycles. The molecule has 0 radical (unpaired) electrons. The fourth-order valence-electron chi connectivity index (χ4n) is 2.75. The first-order valence-corrected chi connectivity index (χ1v) is 9.81. The molecule has 8 heteroatoms. The number of carbonyl (C=O) groups excluding carboxylic acids is 2. The van der Waals surface area contributed by atoms with Gasteiger partial charge in [-0.05, 0) is 31.2 Å². The molecule has 1 aliphatic heterocycles. The summed E-state index contributed by atoms with van der Waals surface area (Å²) in [5.74, 6) is 0.308.